The summed E-state index contributed by atoms with van der Waals surface area (Å²) in [5.74, 6) is 0.531. The molecule has 1 aliphatic rings. The smallest absolute Gasteiger partial charge is 0.249 e. The van der Waals surface area contributed by atoms with E-state index in [9.17, 15) is 4.79 Å². The third-order valence-corrected chi connectivity index (χ3v) is 4.65. The van der Waals surface area contributed by atoms with E-state index in [1.54, 1.807) is 22.7 Å². The number of nitrogens with zero attached hydrogens (tertiary/aromatic N) is 2. The Morgan fingerprint density at radius 2 is 1.96 bits per heavy atom. The van der Waals surface area contributed by atoms with E-state index in [2.05, 4.69) is 4.99 Å². The number of fused-ring (bicyclic) bond motifs is 1. The molecule has 3 rings (SSSR count). The maximum absolute atomic E-state index is 12.5. The highest BCUT2D eigenvalue weighted by molar-refractivity contribution is 7.98. The standard InChI is InChI=1S/C17H14Cl2N2OS/c1-23-10-21-15-7-6-11(18)8-13(15)17(20-9-16(21)22)12-4-2-3-5-14(12)19/h2-8H,9-10H2,1H3. The first-order valence-corrected chi connectivity index (χ1v) is 9.15. The van der Waals surface area contributed by atoms with Crippen LogP contribution in [0.15, 0.2) is 47.5 Å². The number of benzodiazepines with no additional fused rings is 1. The highest BCUT2D eigenvalue weighted by Gasteiger charge is 2.25. The van der Waals surface area contributed by atoms with Crippen LogP contribution in [0.5, 0.6) is 0 Å². The average Bonchev–Trinajstić information content (AvgIpc) is 2.66. The lowest BCUT2D eigenvalue weighted by molar-refractivity contribution is -0.117. The zero-order chi connectivity index (χ0) is 16.4. The van der Waals surface area contributed by atoms with Crippen molar-refractivity contribution in [3.05, 3.63) is 63.6 Å². The number of hydrogen-bond donors (Lipinski definition) is 0. The van der Waals surface area contributed by atoms with Gasteiger partial charge in [0, 0.05) is 21.2 Å². The second-order valence-electron chi connectivity index (χ2n) is 5.05. The van der Waals surface area contributed by atoms with Gasteiger partial charge in [-0.25, -0.2) is 0 Å². The second-order valence-corrected chi connectivity index (χ2v) is 6.72. The molecule has 6 heteroatoms. The Morgan fingerprint density at radius 3 is 2.70 bits per heavy atom. The summed E-state index contributed by atoms with van der Waals surface area (Å²) in [4.78, 5) is 18.7. The Morgan fingerprint density at radius 1 is 1.17 bits per heavy atom. The van der Waals surface area contributed by atoms with Crippen molar-refractivity contribution in [1.29, 1.82) is 0 Å². The normalized spacial score (nSPS) is 14.3. The monoisotopic (exact) mass is 364 g/mol. The molecule has 0 N–H and O–H groups in total. The summed E-state index contributed by atoms with van der Waals surface area (Å²) in [6.45, 7) is 0.0907. The van der Waals surface area contributed by atoms with Gasteiger partial charge >= 0.3 is 0 Å². The third-order valence-electron chi connectivity index (χ3n) is 3.57. The zero-order valence-electron chi connectivity index (χ0n) is 12.4. The minimum atomic E-state index is -0.0371. The van der Waals surface area contributed by atoms with Crippen molar-refractivity contribution >= 4 is 52.3 Å². The van der Waals surface area contributed by atoms with E-state index >= 15 is 0 Å². The van der Waals surface area contributed by atoms with Crippen LogP contribution in [-0.2, 0) is 4.79 Å². The quantitative estimate of drug-likeness (QED) is 0.803. The molecule has 0 aromatic heterocycles. The van der Waals surface area contributed by atoms with Gasteiger partial charge < -0.3 is 4.90 Å². The molecule has 3 nitrogen and oxygen atoms in total. The van der Waals surface area contributed by atoms with E-state index in [0.717, 1.165) is 16.8 Å². The number of carbonyl (C=O) groups excluding carboxylic acids is 1. The van der Waals surface area contributed by atoms with E-state index in [1.807, 2.05) is 42.7 Å². The van der Waals surface area contributed by atoms with Gasteiger partial charge in [0.05, 0.1) is 17.3 Å². The van der Waals surface area contributed by atoms with Gasteiger partial charge in [0.1, 0.15) is 6.54 Å². The molecule has 0 fully saturated rings. The molecule has 0 saturated heterocycles. The van der Waals surface area contributed by atoms with Crippen LogP contribution < -0.4 is 4.90 Å². The van der Waals surface area contributed by atoms with Gasteiger partial charge in [-0.1, -0.05) is 41.4 Å². The van der Waals surface area contributed by atoms with Crippen LogP contribution >= 0.6 is 35.0 Å². The maximum atomic E-state index is 12.5. The van der Waals surface area contributed by atoms with Gasteiger partial charge in [0.2, 0.25) is 5.91 Å². The molecular weight excluding hydrogens is 351 g/mol. The molecule has 118 valence electrons. The van der Waals surface area contributed by atoms with Crippen LogP contribution in [0.25, 0.3) is 0 Å². The van der Waals surface area contributed by atoms with Gasteiger partial charge in [-0.15, -0.1) is 11.8 Å². The lowest BCUT2D eigenvalue weighted by Gasteiger charge is -2.22. The molecular formula is C17H14Cl2N2OS. The predicted octanol–water partition coefficient (Wildman–Crippen LogP) is 4.50. The Bertz CT molecular complexity index is 792. The summed E-state index contributed by atoms with van der Waals surface area (Å²) in [6, 6.07) is 13.0. The molecule has 0 radical (unpaired) electrons. The molecule has 0 bridgehead atoms. The summed E-state index contributed by atoms with van der Waals surface area (Å²) in [5.41, 5.74) is 3.14. The van der Waals surface area contributed by atoms with Crippen molar-refractivity contribution in [2.45, 2.75) is 0 Å². The molecule has 2 aromatic carbocycles. The predicted molar refractivity (Wildman–Crippen MR) is 99.3 cm³/mol. The van der Waals surface area contributed by atoms with Gasteiger partial charge in [-0.3, -0.25) is 9.79 Å². The average molecular weight is 365 g/mol. The number of carbonyl (C=O) groups is 1. The molecule has 1 heterocycles. The molecule has 0 atom stereocenters. The summed E-state index contributed by atoms with van der Waals surface area (Å²) in [7, 11) is 0. The summed E-state index contributed by atoms with van der Waals surface area (Å²) in [6.07, 6.45) is 1.96. The van der Waals surface area contributed by atoms with Crippen LogP contribution in [-0.4, -0.2) is 30.3 Å². The summed E-state index contributed by atoms with van der Waals surface area (Å²) >= 11 is 14.1. The van der Waals surface area contributed by atoms with E-state index in [4.69, 9.17) is 23.2 Å². The van der Waals surface area contributed by atoms with Crippen molar-refractivity contribution in [2.24, 2.45) is 4.99 Å². The molecule has 1 aliphatic heterocycles. The van der Waals surface area contributed by atoms with Gasteiger partial charge in [-0.2, -0.15) is 0 Å². The van der Waals surface area contributed by atoms with Crippen molar-refractivity contribution < 1.29 is 4.79 Å². The Hall–Kier alpha value is -1.49. The van der Waals surface area contributed by atoms with Crippen molar-refractivity contribution in [3.63, 3.8) is 0 Å². The van der Waals surface area contributed by atoms with E-state index in [-0.39, 0.29) is 12.5 Å². The first-order chi connectivity index (χ1) is 11.1. The van der Waals surface area contributed by atoms with Crippen LogP contribution in [0, 0.1) is 0 Å². The number of benzene rings is 2. The van der Waals surface area contributed by atoms with E-state index in [0.29, 0.717) is 21.6 Å². The number of aliphatic imine (C=N–C) groups is 1. The fourth-order valence-electron chi connectivity index (χ4n) is 2.54. The van der Waals surface area contributed by atoms with Gasteiger partial charge in [0.25, 0.3) is 0 Å². The number of anilines is 1. The molecule has 0 aliphatic carbocycles. The second kappa shape index (κ2) is 6.95. The Balaban J connectivity index is 2.22. The molecule has 0 unspecified atom stereocenters. The molecule has 0 saturated carbocycles. The van der Waals surface area contributed by atoms with Gasteiger partial charge in [-0.05, 0) is 30.5 Å². The minimum absolute atomic E-state index is 0.0371. The van der Waals surface area contributed by atoms with Gasteiger partial charge in [0.15, 0.2) is 0 Å². The van der Waals surface area contributed by atoms with Crippen LogP contribution in [0.3, 0.4) is 0 Å². The lowest BCUT2D eigenvalue weighted by Crippen LogP contribution is -2.32. The highest BCUT2D eigenvalue weighted by Crippen LogP contribution is 2.32. The fraction of sp³-hybridized carbons (Fsp3) is 0.176. The first-order valence-electron chi connectivity index (χ1n) is 7.00. The highest BCUT2D eigenvalue weighted by atomic mass is 35.5. The number of rotatable bonds is 3. The Labute approximate surface area is 149 Å². The molecule has 1 amide bonds. The lowest BCUT2D eigenvalue weighted by atomic mass is 10.0. The summed E-state index contributed by atoms with van der Waals surface area (Å²) in [5, 5.41) is 1.20. The Kier molecular flexibility index (Phi) is 4.95. The number of amides is 1. The van der Waals surface area contributed by atoms with Crippen molar-refractivity contribution in [1.82, 2.24) is 0 Å². The number of halogens is 2. The largest absolute Gasteiger partial charge is 0.300 e. The molecule has 2 aromatic rings. The molecule has 23 heavy (non-hydrogen) atoms. The third kappa shape index (κ3) is 3.25. The zero-order valence-corrected chi connectivity index (χ0v) is 14.8. The van der Waals surface area contributed by atoms with E-state index in [1.165, 1.54) is 0 Å². The van der Waals surface area contributed by atoms with Crippen LogP contribution in [0.1, 0.15) is 11.1 Å². The summed E-state index contributed by atoms with van der Waals surface area (Å²) < 4.78 is 0. The first kappa shape index (κ1) is 16.4. The number of thioether (sulfide) groups is 1. The number of hydrogen-bond acceptors (Lipinski definition) is 3. The van der Waals surface area contributed by atoms with Crippen LogP contribution in [0.2, 0.25) is 10.0 Å². The van der Waals surface area contributed by atoms with Crippen LogP contribution in [0.4, 0.5) is 5.69 Å². The SMILES string of the molecule is CSCN1C(=O)CN=C(c2ccccc2Cl)c2cc(Cl)ccc21. The molecule has 0 spiro atoms. The maximum Gasteiger partial charge on any atom is 0.249 e. The van der Waals surface area contributed by atoms with Crippen molar-refractivity contribution in [2.75, 3.05) is 23.6 Å². The fourth-order valence-corrected chi connectivity index (χ4v) is 3.48. The van der Waals surface area contributed by atoms with Crippen molar-refractivity contribution in [3.8, 4) is 0 Å². The minimum Gasteiger partial charge on any atom is -0.300 e. The topological polar surface area (TPSA) is 32.7 Å². The van der Waals surface area contributed by atoms with E-state index < -0.39 is 0 Å².